The molecule has 0 aliphatic heterocycles. The number of aliphatic hydroxyl groups is 1. The molecule has 0 aliphatic carbocycles. The fourth-order valence-electron chi connectivity index (χ4n) is 1.28. The summed E-state index contributed by atoms with van der Waals surface area (Å²) in [6.07, 6.45) is 0. The zero-order valence-electron chi connectivity index (χ0n) is 9.97. The Labute approximate surface area is 100 Å². The largest absolute Gasteiger partial charge is 0.491 e. The van der Waals surface area contributed by atoms with Crippen LogP contribution in [0.3, 0.4) is 0 Å². The van der Waals surface area contributed by atoms with E-state index in [1.54, 1.807) is 31.3 Å². The van der Waals surface area contributed by atoms with Gasteiger partial charge in [0, 0.05) is 0 Å². The highest BCUT2D eigenvalue weighted by atomic mass is 16.5. The van der Waals surface area contributed by atoms with Gasteiger partial charge in [-0.3, -0.25) is 4.79 Å². The summed E-state index contributed by atoms with van der Waals surface area (Å²) in [6.45, 7) is 0.198. The van der Waals surface area contributed by atoms with Crippen molar-refractivity contribution in [3.63, 3.8) is 0 Å². The van der Waals surface area contributed by atoms with Gasteiger partial charge in [0.05, 0.1) is 13.7 Å². The zero-order chi connectivity index (χ0) is 12.7. The van der Waals surface area contributed by atoms with E-state index in [0.717, 1.165) is 5.56 Å². The number of nitrogens with one attached hydrogen (secondary N) is 1. The van der Waals surface area contributed by atoms with Gasteiger partial charge in [0.15, 0.2) is 0 Å². The second kappa shape index (κ2) is 6.88. The summed E-state index contributed by atoms with van der Waals surface area (Å²) in [5.74, 6) is 0.283. The number of hydrogen-bond acceptors (Lipinski definition) is 5. The van der Waals surface area contributed by atoms with Gasteiger partial charge in [-0.05, 0) is 24.7 Å². The fraction of sp³-hybridized carbons (Fsp3) is 0.417. The van der Waals surface area contributed by atoms with Gasteiger partial charge in [-0.2, -0.15) is 0 Å². The number of aliphatic hydroxyl groups excluding tert-OH is 1. The van der Waals surface area contributed by atoms with Gasteiger partial charge >= 0.3 is 5.97 Å². The molecule has 1 aromatic carbocycles. The first-order chi connectivity index (χ1) is 8.21. The Morgan fingerprint density at radius 2 is 2.06 bits per heavy atom. The van der Waals surface area contributed by atoms with E-state index in [9.17, 15) is 4.79 Å². The van der Waals surface area contributed by atoms with Crippen molar-refractivity contribution in [1.29, 1.82) is 0 Å². The molecule has 0 saturated carbocycles. The molecule has 0 heterocycles. The minimum atomic E-state index is -0.488. The third-order valence-corrected chi connectivity index (χ3v) is 2.36. The summed E-state index contributed by atoms with van der Waals surface area (Å²) >= 11 is 0. The molecule has 1 rings (SSSR count). The SMILES string of the molecule is CNC(COc1ccc(CO)cc1)C(=O)OC. The molecule has 0 saturated heterocycles. The fourth-order valence-corrected chi connectivity index (χ4v) is 1.28. The first-order valence-corrected chi connectivity index (χ1v) is 5.29. The van der Waals surface area contributed by atoms with Crippen molar-refractivity contribution in [3.8, 4) is 5.75 Å². The molecule has 1 atom stereocenters. The van der Waals surface area contributed by atoms with Gasteiger partial charge in [0.2, 0.25) is 0 Å². The molecule has 0 radical (unpaired) electrons. The molecule has 0 bridgehead atoms. The predicted molar refractivity (Wildman–Crippen MR) is 62.7 cm³/mol. The number of benzene rings is 1. The second-order valence-electron chi connectivity index (χ2n) is 3.48. The van der Waals surface area contributed by atoms with Gasteiger partial charge in [-0.15, -0.1) is 0 Å². The van der Waals surface area contributed by atoms with Crippen LogP contribution in [0.15, 0.2) is 24.3 Å². The van der Waals surface area contributed by atoms with E-state index >= 15 is 0 Å². The number of hydrogen-bond donors (Lipinski definition) is 2. The Balaban J connectivity index is 2.50. The number of ether oxygens (including phenoxy) is 2. The lowest BCUT2D eigenvalue weighted by molar-refractivity contribution is -0.143. The maximum absolute atomic E-state index is 11.3. The molecule has 0 spiro atoms. The van der Waals surface area contributed by atoms with Crippen molar-refractivity contribution >= 4 is 5.97 Å². The number of carbonyl (C=O) groups excluding carboxylic acids is 1. The van der Waals surface area contributed by atoms with Crippen LogP contribution in [0.4, 0.5) is 0 Å². The topological polar surface area (TPSA) is 67.8 Å². The van der Waals surface area contributed by atoms with Crippen LogP contribution in [-0.4, -0.2) is 37.9 Å². The van der Waals surface area contributed by atoms with Crippen LogP contribution < -0.4 is 10.1 Å². The summed E-state index contributed by atoms with van der Waals surface area (Å²) in [4.78, 5) is 11.3. The van der Waals surface area contributed by atoms with Crippen molar-refractivity contribution < 1.29 is 19.4 Å². The number of likely N-dealkylation sites (N-methyl/N-ethyl adjacent to an activating group) is 1. The molecule has 2 N–H and O–H groups in total. The van der Waals surface area contributed by atoms with Crippen LogP contribution in [0.1, 0.15) is 5.56 Å². The maximum atomic E-state index is 11.3. The molecule has 0 aliphatic rings. The van der Waals surface area contributed by atoms with E-state index in [-0.39, 0.29) is 19.2 Å². The zero-order valence-corrected chi connectivity index (χ0v) is 9.97. The Hall–Kier alpha value is -1.59. The average molecular weight is 239 g/mol. The van der Waals surface area contributed by atoms with Crippen molar-refractivity contribution in [2.75, 3.05) is 20.8 Å². The van der Waals surface area contributed by atoms with Crippen LogP contribution in [0, 0.1) is 0 Å². The molecular weight excluding hydrogens is 222 g/mol. The second-order valence-corrected chi connectivity index (χ2v) is 3.48. The van der Waals surface area contributed by atoms with E-state index in [4.69, 9.17) is 9.84 Å². The third kappa shape index (κ3) is 4.05. The van der Waals surface area contributed by atoms with Gasteiger partial charge < -0.3 is 19.9 Å². The maximum Gasteiger partial charge on any atom is 0.326 e. The van der Waals surface area contributed by atoms with Crippen molar-refractivity contribution in [2.24, 2.45) is 0 Å². The third-order valence-electron chi connectivity index (χ3n) is 2.36. The highest BCUT2D eigenvalue weighted by Crippen LogP contribution is 2.12. The van der Waals surface area contributed by atoms with Gasteiger partial charge in [-0.25, -0.2) is 0 Å². The first-order valence-electron chi connectivity index (χ1n) is 5.29. The smallest absolute Gasteiger partial charge is 0.326 e. The van der Waals surface area contributed by atoms with Gasteiger partial charge in [0.25, 0.3) is 0 Å². The molecule has 0 aromatic heterocycles. The van der Waals surface area contributed by atoms with Gasteiger partial charge in [-0.1, -0.05) is 12.1 Å². The van der Waals surface area contributed by atoms with Crippen LogP contribution in [0.25, 0.3) is 0 Å². The van der Waals surface area contributed by atoms with Crippen LogP contribution in [0.2, 0.25) is 0 Å². The minimum absolute atomic E-state index is 0.00157. The summed E-state index contributed by atoms with van der Waals surface area (Å²) in [7, 11) is 3.00. The minimum Gasteiger partial charge on any atom is -0.491 e. The molecule has 1 aromatic rings. The lowest BCUT2D eigenvalue weighted by Crippen LogP contribution is -2.40. The standard InChI is InChI=1S/C12H17NO4/c1-13-11(12(15)16-2)8-17-10-5-3-9(7-14)4-6-10/h3-6,11,13-14H,7-8H2,1-2H3. The van der Waals surface area contributed by atoms with Crippen molar-refractivity contribution in [2.45, 2.75) is 12.6 Å². The van der Waals surface area contributed by atoms with Crippen LogP contribution in [-0.2, 0) is 16.1 Å². The van der Waals surface area contributed by atoms with E-state index in [1.807, 2.05) is 0 Å². The lowest BCUT2D eigenvalue weighted by Gasteiger charge is -2.14. The number of methoxy groups -OCH3 is 1. The van der Waals surface area contributed by atoms with Crippen LogP contribution >= 0.6 is 0 Å². The highest BCUT2D eigenvalue weighted by molar-refractivity contribution is 5.75. The molecule has 0 amide bonds. The Morgan fingerprint density at radius 3 is 2.53 bits per heavy atom. The van der Waals surface area contributed by atoms with Gasteiger partial charge in [0.1, 0.15) is 18.4 Å². The normalized spacial score (nSPS) is 11.9. The summed E-state index contributed by atoms with van der Waals surface area (Å²) in [5, 5.41) is 11.7. The Bertz CT molecular complexity index is 350. The monoisotopic (exact) mass is 239 g/mol. The van der Waals surface area contributed by atoms with Crippen molar-refractivity contribution in [1.82, 2.24) is 5.32 Å². The number of rotatable bonds is 6. The Morgan fingerprint density at radius 1 is 1.41 bits per heavy atom. The summed E-state index contributed by atoms with van der Waals surface area (Å²) in [5.41, 5.74) is 0.815. The quantitative estimate of drug-likeness (QED) is 0.700. The van der Waals surface area contributed by atoms with E-state index in [1.165, 1.54) is 7.11 Å². The first kappa shape index (κ1) is 13.5. The van der Waals surface area contributed by atoms with E-state index in [0.29, 0.717) is 5.75 Å². The number of carbonyl (C=O) groups is 1. The van der Waals surface area contributed by atoms with Crippen molar-refractivity contribution in [3.05, 3.63) is 29.8 Å². The molecule has 94 valence electrons. The highest BCUT2D eigenvalue weighted by Gasteiger charge is 2.17. The molecular formula is C12H17NO4. The molecule has 1 unspecified atom stereocenters. The average Bonchev–Trinajstić information content (AvgIpc) is 2.39. The molecule has 0 fully saturated rings. The molecule has 17 heavy (non-hydrogen) atoms. The summed E-state index contributed by atoms with van der Waals surface area (Å²) in [6, 6.07) is 6.53. The van der Waals surface area contributed by atoms with Crippen LogP contribution in [0.5, 0.6) is 5.75 Å². The molecule has 5 heteroatoms. The Kier molecular flexibility index (Phi) is 5.45. The summed E-state index contributed by atoms with van der Waals surface area (Å²) < 4.78 is 10.1. The lowest BCUT2D eigenvalue weighted by atomic mass is 10.2. The van der Waals surface area contributed by atoms with E-state index < -0.39 is 6.04 Å². The molecule has 5 nitrogen and oxygen atoms in total. The van der Waals surface area contributed by atoms with E-state index in [2.05, 4.69) is 10.1 Å². The predicted octanol–water partition coefficient (Wildman–Crippen LogP) is 0.319. The number of esters is 1.